The van der Waals surface area contributed by atoms with Gasteiger partial charge in [0.1, 0.15) is 11.0 Å². The summed E-state index contributed by atoms with van der Waals surface area (Å²) in [5, 5.41) is 0.853. The van der Waals surface area contributed by atoms with Gasteiger partial charge in [-0.1, -0.05) is 29.3 Å². The van der Waals surface area contributed by atoms with Crippen molar-refractivity contribution in [1.29, 1.82) is 0 Å². The summed E-state index contributed by atoms with van der Waals surface area (Å²) in [7, 11) is 0. The van der Waals surface area contributed by atoms with Crippen LogP contribution in [0.2, 0.25) is 10.2 Å². The van der Waals surface area contributed by atoms with Crippen LogP contribution < -0.4 is 14.4 Å². The fraction of sp³-hybridized carbons (Fsp3) is 0.294. The molecule has 0 unspecified atom stereocenters. The SMILES string of the molecule is O=C(c1cc(Cl)c2c(c1)OCO2)N1CCN(c2cccc(Cl)n2)CC1. The molecule has 4 rings (SSSR count). The lowest BCUT2D eigenvalue weighted by atomic mass is 10.1. The van der Waals surface area contributed by atoms with Crippen LogP contribution in [0.4, 0.5) is 5.82 Å². The highest BCUT2D eigenvalue weighted by atomic mass is 35.5. The molecule has 130 valence electrons. The van der Waals surface area contributed by atoms with Gasteiger partial charge < -0.3 is 19.3 Å². The molecule has 0 spiro atoms. The minimum absolute atomic E-state index is 0.0705. The van der Waals surface area contributed by atoms with Gasteiger partial charge in [-0.25, -0.2) is 4.98 Å². The Hall–Kier alpha value is -2.18. The second-order valence-corrected chi connectivity index (χ2v) is 6.58. The topological polar surface area (TPSA) is 54.9 Å². The van der Waals surface area contributed by atoms with Crippen LogP contribution in [0, 0.1) is 0 Å². The van der Waals surface area contributed by atoms with E-state index >= 15 is 0 Å². The van der Waals surface area contributed by atoms with E-state index < -0.39 is 0 Å². The molecule has 0 N–H and O–H groups in total. The van der Waals surface area contributed by atoms with Gasteiger partial charge >= 0.3 is 0 Å². The van der Waals surface area contributed by atoms with Crippen molar-refractivity contribution in [2.75, 3.05) is 37.9 Å². The van der Waals surface area contributed by atoms with Gasteiger partial charge in [0, 0.05) is 31.7 Å². The van der Waals surface area contributed by atoms with Crippen LogP contribution in [0.15, 0.2) is 30.3 Å². The molecule has 2 aliphatic heterocycles. The first-order valence-electron chi connectivity index (χ1n) is 7.88. The van der Waals surface area contributed by atoms with Gasteiger partial charge in [-0.2, -0.15) is 0 Å². The Morgan fingerprint density at radius 2 is 1.88 bits per heavy atom. The van der Waals surface area contributed by atoms with Crippen molar-refractivity contribution in [3.63, 3.8) is 0 Å². The van der Waals surface area contributed by atoms with Crippen molar-refractivity contribution in [2.24, 2.45) is 0 Å². The third-order valence-corrected chi connectivity index (χ3v) is 4.76. The molecule has 0 atom stereocenters. The van der Waals surface area contributed by atoms with Crippen LogP contribution in [-0.4, -0.2) is 48.8 Å². The first kappa shape index (κ1) is 16.3. The predicted octanol–water partition coefficient (Wildman–Crippen LogP) is 3.08. The van der Waals surface area contributed by atoms with E-state index in [0.717, 1.165) is 5.82 Å². The van der Waals surface area contributed by atoms with E-state index in [9.17, 15) is 4.79 Å². The third kappa shape index (κ3) is 3.19. The van der Waals surface area contributed by atoms with Crippen molar-refractivity contribution < 1.29 is 14.3 Å². The second-order valence-electron chi connectivity index (χ2n) is 5.79. The smallest absolute Gasteiger partial charge is 0.254 e. The summed E-state index contributed by atoms with van der Waals surface area (Å²) in [4.78, 5) is 21.0. The molecule has 0 bridgehead atoms. The summed E-state index contributed by atoms with van der Waals surface area (Å²) in [6.07, 6.45) is 0. The molecular formula is C17H15Cl2N3O3. The molecule has 1 aromatic heterocycles. The van der Waals surface area contributed by atoms with E-state index in [1.165, 1.54) is 0 Å². The van der Waals surface area contributed by atoms with Gasteiger partial charge in [-0.15, -0.1) is 0 Å². The first-order valence-corrected chi connectivity index (χ1v) is 8.63. The Labute approximate surface area is 154 Å². The molecule has 0 radical (unpaired) electrons. The molecule has 0 aliphatic carbocycles. The zero-order valence-electron chi connectivity index (χ0n) is 13.2. The van der Waals surface area contributed by atoms with Crippen molar-refractivity contribution in [1.82, 2.24) is 9.88 Å². The molecule has 1 fully saturated rings. The van der Waals surface area contributed by atoms with Crippen molar-refractivity contribution in [2.45, 2.75) is 0 Å². The summed E-state index contributed by atoms with van der Waals surface area (Å²) in [5.41, 5.74) is 0.503. The van der Waals surface area contributed by atoms with Gasteiger partial charge in [0.15, 0.2) is 11.5 Å². The van der Waals surface area contributed by atoms with Gasteiger partial charge in [0.2, 0.25) is 6.79 Å². The summed E-state index contributed by atoms with van der Waals surface area (Å²) < 4.78 is 10.6. The van der Waals surface area contributed by atoms with Crippen LogP contribution >= 0.6 is 23.2 Å². The highest BCUT2D eigenvalue weighted by molar-refractivity contribution is 6.32. The fourth-order valence-corrected chi connectivity index (χ4v) is 3.41. The molecule has 8 heteroatoms. The van der Waals surface area contributed by atoms with Crippen LogP contribution in [0.25, 0.3) is 0 Å². The number of hydrogen-bond donors (Lipinski definition) is 0. The Bertz CT molecular complexity index is 823. The number of anilines is 1. The summed E-state index contributed by atoms with van der Waals surface area (Å²) in [6.45, 7) is 2.70. The number of carbonyl (C=O) groups excluding carboxylic acids is 1. The van der Waals surface area contributed by atoms with Gasteiger partial charge in [0.25, 0.3) is 5.91 Å². The summed E-state index contributed by atoms with van der Waals surface area (Å²) >= 11 is 12.1. The molecule has 1 amide bonds. The van der Waals surface area contributed by atoms with Crippen molar-refractivity contribution >= 4 is 34.9 Å². The van der Waals surface area contributed by atoms with E-state index in [2.05, 4.69) is 9.88 Å². The first-order chi connectivity index (χ1) is 12.1. The van der Waals surface area contributed by atoms with Gasteiger partial charge in [0.05, 0.1) is 5.02 Å². The predicted molar refractivity (Wildman–Crippen MR) is 94.9 cm³/mol. The van der Waals surface area contributed by atoms with Crippen LogP contribution in [0.5, 0.6) is 11.5 Å². The lowest BCUT2D eigenvalue weighted by Gasteiger charge is -2.35. The monoisotopic (exact) mass is 379 g/mol. The van der Waals surface area contributed by atoms with E-state index in [4.69, 9.17) is 32.7 Å². The normalized spacial score (nSPS) is 16.2. The number of fused-ring (bicyclic) bond motifs is 1. The maximum Gasteiger partial charge on any atom is 0.254 e. The van der Waals surface area contributed by atoms with Crippen molar-refractivity contribution in [3.05, 3.63) is 46.1 Å². The molecule has 1 aromatic carbocycles. The lowest BCUT2D eigenvalue weighted by molar-refractivity contribution is 0.0746. The minimum Gasteiger partial charge on any atom is -0.454 e. The molecule has 25 heavy (non-hydrogen) atoms. The summed E-state index contributed by atoms with van der Waals surface area (Å²) in [6, 6.07) is 8.84. The Morgan fingerprint density at radius 1 is 1.08 bits per heavy atom. The highest BCUT2D eigenvalue weighted by Crippen LogP contribution is 2.40. The largest absolute Gasteiger partial charge is 0.454 e. The van der Waals surface area contributed by atoms with E-state index in [1.54, 1.807) is 23.1 Å². The maximum absolute atomic E-state index is 12.8. The molecule has 2 aromatic rings. The van der Waals surface area contributed by atoms with Gasteiger partial charge in [-0.05, 0) is 24.3 Å². The van der Waals surface area contributed by atoms with Crippen LogP contribution in [0.3, 0.4) is 0 Å². The van der Waals surface area contributed by atoms with Crippen molar-refractivity contribution in [3.8, 4) is 11.5 Å². The number of halogens is 2. The fourth-order valence-electron chi connectivity index (χ4n) is 2.99. The zero-order chi connectivity index (χ0) is 17.4. The second kappa shape index (κ2) is 6.61. The number of ether oxygens (including phenoxy) is 2. The number of carbonyl (C=O) groups is 1. The van der Waals surface area contributed by atoms with Gasteiger partial charge in [-0.3, -0.25) is 4.79 Å². The Balaban J connectivity index is 1.46. The Morgan fingerprint density at radius 3 is 2.64 bits per heavy atom. The van der Waals surface area contributed by atoms with E-state index in [-0.39, 0.29) is 12.7 Å². The average molecular weight is 380 g/mol. The number of hydrogen-bond acceptors (Lipinski definition) is 5. The number of nitrogens with zero attached hydrogens (tertiary/aromatic N) is 3. The van der Waals surface area contributed by atoms with E-state index in [1.807, 2.05) is 12.1 Å². The van der Waals surface area contributed by atoms with E-state index in [0.29, 0.717) is 53.4 Å². The number of benzene rings is 1. The molecule has 0 saturated carbocycles. The molecule has 1 saturated heterocycles. The summed E-state index contributed by atoms with van der Waals surface area (Å²) in [5.74, 6) is 1.76. The molecule has 6 nitrogen and oxygen atoms in total. The van der Waals surface area contributed by atoms with Crippen LogP contribution in [-0.2, 0) is 0 Å². The number of aromatic nitrogens is 1. The number of rotatable bonds is 2. The quantitative estimate of drug-likeness (QED) is 0.750. The molecular weight excluding hydrogens is 365 g/mol. The third-order valence-electron chi connectivity index (χ3n) is 4.27. The zero-order valence-corrected chi connectivity index (χ0v) is 14.8. The standard InChI is InChI=1S/C17H15Cl2N3O3/c18-12-8-11(9-13-16(12)25-10-24-13)17(23)22-6-4-21(5-7-22)15-3-1-2-14(19)20-15/h1-3,8-9H,4-7,10H2. The number of pyridine rings is 1. The van der Waals surface area contributed by atoms with Crippen LogP contribution in [0.1, 0.15) is 10.4 Å². The number of amides is 1. The molecule has 3 heterocycles. The minimum atomic E-state index is -0.0705. The molecule has 2 aliphatic rings. The Kier molecular flexibility index (Phi) is 4.31. The maximum atomic E-state index is 12.8. The lowest BCUT2D eigenvalue weighted by Crippen LogP contribution is -2.49. The highest BCUT2D eigenvalue weighted by Gasteiger charge is 2.26. The number of piperazine rings is 1. The average Bonchev–Trinajstić information content (AvgIpc) is 3.10.